The lowest BCUT2D eigenvalue weighted by Crippen LogP contribution is -2.56. The molecule has 10 heteroatoms. The minimum Gasteiger partial charge on any atom is -0.497 e. The molecule has 0 saturated heterocycles. The second-order valence-electron chi connectivity index (χ2n) is 10.4. The van der Waals surface area contributed by atoms with Crippen molar-refractivity contribution in [2.75, 3.05) is 20.3 Å². The Morgan fingerprint density at radius 1 is 0.976 bits per heavy atom. The Kier molecular flexibility index (Phi) is 12.7. The lowest BCUT2D eigenvalue weighted by molar-refractivity contribution is -0.132. The molecule has 3 amide bonds. The fraction of sp³-hybridized carbons (Fsp3) is 0.516. The minimum absolute atomic E-state index is 0.0784. The number of ether oxygens (including phenoxy) is 2. The average Bonchev–Trinajstić information content (AvgIpc) is 3.50. The number of hydrogen-bond acceptors (Lipinski definition) is 7. The molecular weight excluding hydrogens is 524 g/mol. The van der Waals surface area contributed by atoms with E-state index >= 15 is 0 Å². The van der Waals surface area contributed by atoms with Gasteiger partial charge in [0, 0.05) is 31.8 Å². The first-order valence-corrected chi connectivity index (χ1v) is 14.4. The molecule has 0 radical (unpaired) electrons. The molecule has 1 aromatic heterocycles. The van der Waals surface area contributed by atoms with Gasteiger partial charge >= 0.3 is 0 Å². The standard InChI is InChI=1S/C31H42N4O6/c1-4-41-17-15-28(36)26(18-22-8-5-6-9-22)34-31(39)27(19-23-11-13-25(40-3)14-12-23)35-29(37)21(2)33-30(38)24-10-7-16-32-20-24/h7,10-14,16,20-22,26-27H,4-6,8-9,15,17-19H2,1-3H3,(H,33,38)(H,34,39)(H,35,37). The van der Waals surface area contributed by atoms with Crippen molar-refractivity contribution in [1.82, 2.24) is 20.9 Å². The number of methoxy groups -OCH3 is 1. The SMILES string of the molecule is CCOCCC(=O)C(CC1CCCC1)NC(=O)C(Cc1ccc(OC)cc1)NC(=O)C(C)NC(=O)c1cccnc1. The van der Waals surface area contributed by atoms with Crippen LogP contribution in [0.15, 0.2) is 48.8 Å². The number of carbonyl (C=O) groups is 4. The summed E-state index contributed by atoms with van der Waals surface area (Å²) in [6.07, 6.45) is 8.24. The van der Waals surface area contributed by atoms with Gasteiger partial charge in [0.15, 0.2) is 5.78 Å². The van der Waals surface area contributed by atoms with Crippen molar-refractivity contribution >= 4 is 23.5 Å². The summed E-state index contributed by atoms with van der Waals surface area (Å²) in [6, 6.07) is 7.88. The summed E-state index contributed by atoms with van der Waals surface area (Å²) >= 11 is 0. The van der Waals surface area contributed by atoms with Gasteiger partial charge in [0.2, 0.25) is 11.8 Å². The Balaban J connectivity index is 1.74. The van der Waals surface area contributed by atoms with Gasteiger partial charge in [-0.2, -0.15) is 0 Å². The van der Waals surface area contributed by atoms with Gasteiger partial charge in [0.1, 0.15) is 17.8 Å². The Hall–Kier alpha value is -3.79. The van der Waals surface area contributed by atoms with Crippen LogP contribution in [0.5, 0.6) is 5.75 Å². The molecule has 2 aromatic rings. The van der Waals surface area contributed by atoms with E-state index in [1.54, 1.807) is 44.5 Å². The number of amides is 3. The van der Waals surface area contributed by atoms with Crippen LogP contribution in [0.1, 0.15) is 68.3 Å². The number of aromatic nitrogens is 1. The number of benzene rings is 1. The topological polar surface area (TPSA) is 136 Å². The summed E-state index contributed by atoms with van der Waals surface area (Å²) < 4.78 is 10.6. The average molecular weight is 567 g/mol. The number of nitrogens with one attached hydrogen (secondary N) is 3. The number of carbonyl (C=O) groups excluding carboxylic acids is 4. The second kappa shape index (κ2) is 16.5. The van der Waals surface area contributed by atoms with Gasteiger partial charge in [-0.15, -0.1) is 0 Å². The first-order valence-electron chi connectivity index (χ1n) is 14.4. The van der Waals surface area contributed by atoms with E-state index in [2.05, 4.69) is 20.9 Å². The van der Waals surface area contributed by atoms with Crippen molar-refractivity contribution in [3.63, 3.8) is 0 Å². The molecule has 3 unspecified atom stereocenters. The van der Waals surface area contributed by atoms with E-state index in [0.717, 1.165) is 31.2 Å². The van der Waals surface area contributed by atoms with Gasteiger partial charge in [0.25, 0.3) is 5.91 Å². The minimum atomic E-state index is -0.973. The number of rotatable bonds is 16. The Morgan fingerprint density at radius 3 is 2.32 bits per heavy atom. The van der Waals surface area contributed by atoms with Gasteiger partial charge in [0.05, 0.1) is 25.3 Å². The van der Waals surface area contributed by atoms with E-state index in [0.29, 0.717) is 36.9 Å². The number of Topliss-reactive ketones (excluding diaryl/α,β-unsaturated/α-hetero) is 1. The maximum Gasteiger partial charge on any atom is 0.253 e. The van der Waals surface area contributed by atoms with Crippen LogP contribution in [0, 0.1) is 5.92 Å². The van der Waals surface area contributed by atoms with Crippen LogP contribution in [0.2, 0.25) is 0 Å². The van der Waals surface area contributed by atoms with Gasteiger partial charge in [-0.05, 0) is 56.0 Å². The van der Waals surface area contributed by atoms with Gasteiger partial charge < -0.3 is 25.4 Å². The zero-order valence-electron chi connectivity index (χ0n) is 24.2. The predicted molar refractivity (Wildman–Crippen MR) is 154 cm³/mol. The van der Waals surface area contributed by atoms with Gasteiger partial charge in [-0.3, -0.25) is 24.2 Å². The van der Waals surface area contributed by atoms with E-state index in [-0.39, 0.29) is 18.6 Å². The van der Waals surface area contributed by atoms with E-state index in [9.17, 15) is 19.2 Å². The maximum absolute atomic E-state index is 13.7. The van der Waals surface area contributed by atoms with E-state index in [4.69, 9.17) is 9.47 Å². The molecule has 222 valence electrons. The second-order valence-corrected chi connectivity index (χ2v) is 10.4. The Morgan fingerprint density at radius 2 is 1.68 bits per heavy atom. The third-order valence-corrected chi connectivity index (χ3v) is 7.34. The molecule has 3 N–H and O–H groups in total. The summed E-state index contributed by atoms with van der Waals surface area (Å²) in [4.78, 5) is 56.4. The molecule has 1 aliphatic rings. The van der Waals surface area contributed by atoms with Crippen LogP contribution in [0.3, 0.4) is 0 Å². The molecule has 3 atom stereocenters. The third-order valence-electron chi connectivity index (χ3n) is 7.34. The third kappa shape index (κ3) is 10.3. The summed E-state index contributed by atoms with van der Waals surface area (Å²) in [7, 11) is 1.57. The van der Waals surface area contributed by atoms with Crippen molar-refractivity contribution in [2.45, 2.75) is 76.9 Å². The van der Waals surface area contributed by atoms with Crippen LogP contribution < -0.4 is 20.7 Å². The molecule has 1 heterocycles. The van der Waals surface area contributed by atoms with E-state index in [1.807, 2.05) is 19.1 Å². The van der Waals surface area contributed by atoms with Crippen molar-refractivity contribution in [3.8, 4) is 5.75 Å². The van der Waals surface area contributed by atoms with Crippen LogP contribution in [0.25, 0.3) is 0 Å². The zero-order valence-corrected chi connectivity index (χ0v) is 24.2. The molecule has 41 heavy (non-hydrogen) atoms. The quantitative estimate of drug-likeness (QED) is 0.266. The van der Waals surface area contributed by atoms with Crippen LogP contribution in [0.4, 0.5) is 0 Å². The fourth-order valence-electron chi connectivity index (χ4n) is 4.96. The monoisotopic (exact) mass is 566 g/mol. The molecule has 1 saturated carbocycles. The van der Waals surface area contributed by atoms with Gasteiger partial charge in [-0.25, -0.2) is 0 Å². The highest BCUT2D eigenvalue weighted by atomic mass is 16.5. The lowest BCUT2D eigenvalue weighted by Gasteiger charge is -2.26. The number of hydrogen-bond donors (Lipinski definition) is 3. The molecule has 1 aliphatic carbocycles. The van der Waals surface area contributed by atoms with E-state index < -0.39 is 35.8 Å². The molecule has 0 spiro atoms. The predicted octanol–water partition coefficient (Wildman–Crippen LogP) is 3.00. The molecule has 10 nitrogen and oxygen atoms in total. The van der Waals surface area contributed by atoms with Crippen LogP contribution >= 0.6 is 0 Å². The van der Waals surface area contributed by atoms with Crippen LogP contribution in [-0.2, 0) is 25.5 Å². The largest absolute Gasteiger partial charge is 0.497 e. The number of pyridine rings is 1. The fourth-order valence-corrected chi connectivity index (χ4v) is 4.96. The summed E-state index contributed by atoms with van der Waals surface area (Å²) in [5.41, 5.74) is 1.12. The van der Waals surface area contributed by atoms with E-state index in [1.165, 1.54) is 6.20 Å². The summed E-state index contributed by atoms with van der Waals surface area (Å²) in [5.74, 6) is -0.465. The maximum atomic E-state index is 13.7. The summed E-state index contributed by atoms with van der Waals surface area (Å²) in [6.45, 7) is 4.23. The van der Waals surface area contributed by atoms with Crippen molar-refractivity contribution in [2.24, 2.45) is 5.92 Å². The Labute approximate surface area is 242 Å². The normalized spacial score (nSPS) is 15.4. The van der Waals surface area contributed by atoms with Crippen LogP contribution in [-0.4, -0.2) is 66.9 Å². The zero-order chi connectivity index (χ0) is 29.6. The molecule has 0 bridgehead atoms. The van der Waals surface area contributed by atoms with Gasteiger partial charge in [-0.1, -0.05) is 37.8 Å². The first-order chi connectivity index (χ1) is 19.8. The van der Waals surface area contributed by atoms with Crippen molar-refractivity contribution in [1.29, 1.82) is 0 Å². The molecule has 0 aliphatic heterocycles. The molecular formula is C31H42N4O6. The number of nitrogens with zero attached hydrogens (tertiary/aromatic N) is 1. The molecule has 1 fully saturated rings. The number of ketones is 1. The highest BCUT2D eigenvalue weighted by Crippen LogP contribution is 2.29. The van der Waals surface area contributed by atoms with Crippen molar-refractivity contribution < 1.29 is 28.7 Å². The molecule has 3 rings (SSSR count). The highest BCUT2D eigenvalue weighted by Gasteiger charge is 2.31. The lowest BCUT2D eigenvalue weighted by atomic mass is 9.94. The summed E-state index contributed by atoms with van der Waals surface area (Å²) in [5, 5.41) is 8.39. The first kappa shape index (κ1) is 31.7. The van der Waals surface area contributed by atoms with Crippen molar-refractivity contribution in [3.05, 3.63) is 59.9 Å². The highest BCUT2D eigenvalue weighted by molar-refractivity contribution is 5.98. The smallest absolute Gasteiger partial charge is 0.253 e. The Bertz CT molecular complexity index is 1140. The molecule has 1 aromatic carbocycles.